The quantitative estimate of drug-likeness (QED) is 0.856. The van der Waals surface area contributed by atoms with E-state index in [4.69, 9.17) is 0 Å². The fourth-order valence-corrected chi connectivity index (χ4v) is 7.05. The highest BCUT2D eigenvalue weighted by molar-refractivity contribution is 6.00. The van der Waals surface area contributed by atoms with Crippen molar-refractivity contribution in [1.29, 1.82) is 0 Å². The molecule has 1 aromatic carbocycles. The molecule has 1 aliphatic heterocycles. The largest absolute Gasteiger partial charge is 0.353 e. The van der Waals surface area contributed by atoms with E-state index < -0.39 is 0 Å². The predicted octanol–water partition coefficient (Wildman–Crippen LogP) is 4.07. The number of nitrogens with zero attached hydrogens (tertiary/aromatic N) is 1. The second-order valence-electron chi connectivity index (χ2n) is 10.3. The van der Waals surface area contributed by atoms with Crippen LogP contribution < -0.4 is 10.2 Å². The first-order valence-corrected chi connectivity index (χ1v) is 11.1. The number of aryl methyl sites for hydroxylation is 1. The molecule has 4 saturated carbocycles. The molecule has 28 heavy (non-hydrogen) atoms. The normalized spacial score (nSPS) is 37.4. The minimum absolute atomic E-state index is 0.0615. The summed E-state index contributed by atoms with van der Waals surface area (Å²) in [5, 5.41) is 3.36. The Morgan fingerprint density at radius 1 is 1.07 bits per heavy atom. The molecule has 1 heterocycles. The summed E-state index contributed by atoms with van der Waals surface area (Å²) in [7, 11) is 0. The average molecular weight is 381 g/mol. The minimum atomic E-state index is -0.231. The number of hydrogen-bond donors (Lipinski definition) is 1. The summed E-state index contributed by atoms with van der Waals surface area (Å²) < 4.78 is 0. The number of benzene rings is 1. The molecule has 0 unspecified atom stereocenters. The first-order chi connectivity index (χ1) is 13.4. The third-order valence-electron chi connectivity index (χ3n) is 8.20. The van der Waals surface area contributed by atoms with Crippen molar-refractivity contribution in [3.8, 4) is 0 Å². The van der Waals surface area contributed by atoms with Crippen molar-refractivity contribution >= 4 is 17.5 Å². The molecule has 6 rings (SSSR count). The van der Waals surface area contributed by atoms with Crippen LogP contribution in [0.4, 0.5) is 5.69 Å². The Morgan fingerprint density at radius 2 is 1.64 bits per heavy atom. The standard InChI is InChI=1S/C24H32N2O2/c1-15-3-5-21(6-4-15)26-14-20(10-22(26)27)23(28)25-16(2)24-11-17-7-18(12-24)9-19(8-17)13-24/h3-6,16-20H,7-14H2,1-2H3,(H,25,28)/t16-,17?,18?,19?,20+,24?/m1/s1. The van der Waals surface area contributed by atoms with E-state index in [0.717, 1.165) is 23.4 Å². The van der Waals surface area contributed by atoms with Gasteiger partial charge in [0.2, 0.25) is 11.8 Å². The van der Waals surface area contributed by atoms with Gasteiger partial charge in [-0.1, -0.05) is 17.7 Å². The molecule has 1 N–H and O–H groups in total. The molecule has 2 atom stereocenters. The smallest absolute Gasteiger partial charge is 0.227 e. The average Bonchev–Trinajstić information content (AvgIpc) is 3.03. The molecule has 150 valence electrons. The van der Waals surface area contributed by atoms with Crippen molar-refractivity contribution in [3.05, 3.63) is 29.8 Å². The third kappa shape index (κ3) is 3.05. The summed E-state index contributed by atoms with van der Waals surface area (Å²) in [5.74, 6) is 2.56. The van der Waals surface area contributed by atoms with Gasteiger partial charge in [-0.25, -0.2) is 0 Å². The van der Waals surface area contributed by atoms with Gasteiger partial charge in [-0.05, 0) is 87.7 Å². The Kier molecular flexibility index (Phi) is 4.29. The Labute approximate surface area is 168 Å². The summed E-state index contributed by atoms with van der Waals surface area (Å²) in [6.07, 6.45) is 8.46. The topological polar surface area (TPSA) is 49.4 Å². The number of hydrogen-bond acceptors (Lipinski definition) is 2. The molecule has 4 bridgehead atoms. The lowest BCUT2D eigenvalue weighted by atomic mass is 9.48. The van der Waals surface area contributed by atoms with E-state index in [1.165, 1.54) is 44.1 Å². The number of amides is 2. The van der Waals surface area contributed by atoms with Gasteiger partial charge in [0.15, 0.2) is 0 Å². The van der Waals surface area contributed by atoms with Crippen LogP contribution in [-0.4, -0.2) is 24.4 Å². The zero-order valence-electron chi connectivity index (χ0n) is 17.1. The molecule has 0 spiro atoms. The second-order valence-corrected chi connectivity index (χ2v) is 10.3. The molecular formula is C24H32N2O2. The molecular weight excluding hydrogens is 348 g/mol. The van der Waals surface area contributed by atoms with E-state index in [2.05, 4.69) is 12.2 Å². The van der Waals surface area contributed by atoms with E-state index >= 15 is 0 Å². The van der Waals surface area contributed by atoms with Gasteiger partial charge in [-0.15, -0.1) is 0 Å². The Morgan fingerprint density at radius 3 is 2.21 bits per heavy atom. The van der Waals surface area contributed by atoms with Gasteiger partial charge in [0.05, 0.1) is 5.92 Å². The molecule has 2 amide bonds. The van der Waals surface area contributed by atoms with Crippen molar-refractivity contribution in [2.45, 2.75) is 64.8 Å². The van der Waals surface area contributed by atoms with E-state index in [1.807, 2.05) is 31.2 Å². The van der Waals surface area contributed by atoms with Gasteiger partial charge in [0.25, 0.3) is 0 Å². The van der Waals surface area contributed by atoms with Crippen LogP contribution in [0.3, 0.4) is 0 Å². The van der Waals surface area contributed by atoms with Crippen LogP contribution >= 0.6 is 0 Å². The van der Waals surface area contributed by atoms with Crippen LogP contribution in [0.25, 0.3) is 0 Å². The molecule has 4 aliphatic carbocycles. The third-order valence-corrected chi connectivity index (χ3v) is 8.20. The number of carbonyl (C=O) groups excluding carboxylic acids is 2. The van der Waals surface area contributed by atoms with E-state index in [9.17, 15) is 9.59 Å². The highest BCUT2D eigenvalue weighted by Gasteiger charge is 2.53. The van der Waals surface area contributed by atoms with Crippen LogP contribution in [0.1, 0.15) is 57.4 Å². The van der Waals surface area contributed by atoms with Crippen molar-refractivity contribution < 1.29 is 9.59 Å². The molecule has 1 saturated heterocycles. The first kappa shape index (κ1) is 18.2. The second kappa shape index (κ2) is 6.60. The lowest BCUT2D eigenvalue weighted by Crippen LogP contribution is -2.56. The highest BCUT2D eigenvalue weighted by atomic mass is 16.2. The van der Waals surface area contributed by atoms with Crippen LogP contribution in [0.2, 0.25) is 0 Å². The monoisotopic (exact) mass is 380 g/mol. The maximum Gasteiger partial charge on any atom is 0.227 e. The Bertz CT molecular complexity index is 749. The van der Waals surface area contributed by atoms with E-state index in [0.29, 0.717) is 18.4 Å². The zero-order valence-corrected chi connectivity index (χ0v) is 17.1. The summed E-state index contributed by atoms with van der Waals surface area (Å²) in [5.41, 5.74) is 2.39. The van der Waals surface area contributed by atoms with Crippen molar-refractivity contribution in [2.24, 2.45) is 29.1 Å². The summed E-state index contributed by atoms with van der Waals surface area (Å²) in [6, 6.07) is 8.21. The van der Waals surface area contributed by atoms with Crippen molar-refractivity contribution in [2.75, 3.05) is 11.4 Å². The molecule has 5 fully saturated rings. The van der Waals surface area contributed by atoms with Crippen molar-refractivity contribution in [1.82, 2.24) is 5.32 Å². The minimum Gasteiger partial charge on any atom is -0.353 e. The number of anilines is 1. The highest BCUT2D eigenvalue weighted by Crippen LogP contribution is 2.61. The summed E-state index contributed by atoms with van der Waals surface area (Å²) in [6.45, 7) is 4.76. The number of carbonyl (C=O) groups is 2. The molecule has 4 heteroatoms. The molecule has 5 aliphatic rings. The maximum atomic E-state index is 13.0. The van der Waals surface area contributed by atoms with Crippen molar-refractivity contribution in [3.63, 3.8) is 0 Å². The lowest BCUT2D eigenvalue weighted by molar-refractivity contribution is -0.130. The molecule has 0 aromatic heterocycles. The summed E-state index contributed by atoms with van der Waals surface area (Å²) >= 11 is 0. The van der Waals surface area contributed by atoms with Gasteiger partial charge in [0.1, 0.15) is 0 Å². The number of rotatable bonds is 4. The summed E-state index contributed by atoms with van der Waals surface area (Å²) in [4.78, 5) is 27.3. The molecule has 4 nitrogen and oxygen atoms in total. The van der Waals surface area contributed by atoms with Crippen LogP contribution in [0.15, 0.2) is 24.3 Å². The first-order valence-electron chi connectivity index (χ1n) is 11.1. The van der Waals surface area contributed by atoms with Crippen LogP contribution in [0, 0.1) is 36.0 Å². The van der Waals surface area contributed by atoms with Gasteiger partial charge >= 0.3 is 0 Å². The fraction of sp³-hybridized carbons (Fsp3) is 0.667. The lowest BCUT2D eigenvalue weighted by Gasteiger charge is -2.59. The number of nitrogens with one attached hydrogen (secondary N) is 1. The van der Waals surface area contributed by atoms with Crippen LogP contribution in [-0.2, 0) is 9.59 Å². The predicted molar refractivity (Wildman–Crippen MR) is 110 cm³/mol. The van der Waals surface area contributed by atoms with E-state index in [-0.39, 0.29) is 23.8 Å². The van der Waals surface area contributed by atoms with E-state index in [1.54, 1.807) is 4.90 Å². The Hall–Kier alpha value is -1.84. The van der Waals surface area contributed by atoms with Gasteiger partial charge < -0.3 is 10.2 Å². The molecule has 0 radical (unpaired) electrons. The van der Waals surface area contributed by atoms with Gasteiger partial charge in [-0.3, -0.25) is 9.59 Å². The van der Waals surface area contributed by atoms with Crippen LogP contribution in [0.5, 0.6) is 0 Å². The zero-order chi connectivity index (χ0) is 19.5. The maximum absolute atomic E-state index is 13.0. The van der Waals surface area contributed by atoms with Gasteiger partial charge in [0, 0.05) is 24.7 Å². The Balaban J connectivity index is 1.25. The van der Waals surface area contributed by atoms with Gasteiger partial charge in [-0.2, -0.15) is 0 Å². The SMILES string of the molecule is Cc1ccc(N2C[C@@H](C(=O)N[C@H](C)C34CC5CC(CC(C5)C3)C4)CC2=O)cc1. The molecule has 1 aromatic rings. The fourth-order valence-electron chi connectivity index (χ4n) is 7.05.